The first-order valence-corrected chi connectivity index (χ1v) is 10.9. The molecule has 1 aliphatic carbocycles. The summed E-state index contributed by atoms with van der Waals surface area (Å²) < 4.78 is 17.1. The third kappa shape index (κ3) is 4.09. The Morgan fingerprint density at radius 1 is 1.06 bits per heavy atom. The van der Waals surface area contributed by atoms with Crippen molar-refractivity contribution in [1.82, 2.24) is 4.57 Å². The molecular weight excluding hydrogens is 444 g/mol. The maximum atomic E-state index is 12.3. The van der Waals surface area contributed by atoms with Gasteiger partial charge in [0.1, 0.15) is 12.2 Å². The van der Waals surface area contributed by atoms with Gasteiger partial charge in [-0.1, -0.05) is 0 Å². The fraction of sp³-hybridized carbons (Fsp3) is 0.292. The van der Waals surface area contributed by atoms with Crippen LogP contribution in [0.3, 0.4) is 0 Å². The topological polar surface area (TPSA) is 135 Å². The average Bonchev–Trinajstić information content (AvgIpc) is 3.38. The van der Waals surface area contributed by atoms with Crippen LogP contribution in [0, 0.1) is 10.1 Å². The minimum absolute atomic E-state index is 0.0425. The van der Waals surface area contributed by atoms with Crippen molar-refractivity contribution in [1.29, 1.82) is 0 Å². The Balaban J connectivity index is 1.24. The van der Waals surface area contributed by atoms with Crippen molar-refractivity contribution in [3.8, 4) is 0 Å². The highest BCUT2D eigenvalue weighted by Gasteiger charge is 2.17. The Hall–Kier alpha value is -4.21. The van der Waals surface area contributed by atoms with Gasteiger partial charge in [-0.05, 0) is 55.0 Å². The van der Waals surface area contributed by atoms with Crippen molar-refractivity contribution in [2.75, 3.05) is 0 Å². The Labute approximate surface area is 191 Å². The molecule has 0 bridgehead atoms. The van der Waals surface area contributed by atoms with Gasteiger partial charge in [-0.3, -0.25) is 19.5 Å². The summed E-state index contributed by atoms with van der Waals surface area (Å²) in [6, 6.07) is 9.17. The summed E-state index contributed by atoms with van der Waals surface area (Å²) in [6.07, 6.45) is 3.34. The SMILES string of the molecule is O=C(CCCn1c(=O)oc2cc([N+](=O)[O-])ccc21)OCc1cc(=O)oc2cc3c(cc12)CCC3. The minimum atomic E-state index is -0.654. The summed E-state index contributed by atoms with van der Waals surface area (Å²) in [7, 11) is 0. The van der Waals surface area contributed by atoms with Gasteiger partial charge in [-0.25, -0.2) is 9.59 Å². The second-order valence-electron chi connectivity index (χ2n) is 8.25. The Kier molecular flexibility index (Phi) is 5.48. The second kappa shape index (κ2) is 8.62. The molecular formula is C24H20N2O8. The number of benzene rings is 2. The van der Waals surface area contributed by atoms with Crippen LogP contribution in [0.2, 0.25) is 0 Å². The summed E-state index contributed by atoms with van der Waals surface area (Å²) in [6.45, 7) is 0.126. The number of nitro groups is 1. The number of carbonyl (C=O) groups is 1. The summed E-state index contributed by atoms with van der Waals surface area (Å²) >= 11 is 0. The second-order valence-corrected chi connectivity index (χ2v) is 8.25. The number of rotatable bonds is 7. The maximum Gasteiger partial charge on any atom is 0.419 e. The number of non-ortho nitro benzene ring substituents is 1. The summed E-state index contributed by atoms with van der Waals surface area (Å²) in [5.41, 5.74) is 3.34. The van der Waals surface area contributed by atoms with E-state index in [0.29, 0.717) is 23.1 Å². The lowest BCUT2D eigenvalue weighted by molar-refractivity contribution is -0.384. The molecule has 0 radical (unpaired) electrons. The van der Waals surface area contributed by atoms with E-state index >= 15 is 0 Å². The Morgan fingerprint density at radius 2 is 1.85 bits per heavy atom. The molecule has 0 aliphatic heterocycles. The highest BCUT2D eigenvalue weighted by molar-refractivity contribution is 5.82. The lowest BCUT2D eigenvalue weighted by atomic mass is 10.0. The van der Waals surface area contributed by atoms with Gasteiger partial charge in [-0.15, -0.1) is 0 Å². The van der Waals surface area contributed by atoms with Crippen LogP contribution >= 0.6 is 0 Å². The van der Waals surface area contributed by atoms with Crippen LogP contribution in [0.25, 0.3) is 22.1 Å². The van der Waals surface area contributed by atoms with E-state index in [-0.39, 0.29) is 30.8 Å². The van der Waals surface area contributed by atoms with Crippen molar-refractivity contribution in [3.63, 3.8) is 0 Å². The number of hydrogen-bond acceptors (Lipinski definition) is 8. The first-order valence-electron chi connectivity index (χ1n) is 10.9. The molecule has 5 rings (SSSR count). The Morgan fingerprint density at radius 3 is 2.65 bits per heavy atom. The van der Waals surface area contributed by atoms with E-state index < -0.39 is 22.3 Å². The maximum absolute atomic E-state index is 12.3. The third-order valence-electron chi connectivity index (χ3n) is 6.06. The van der Waals surface area contributed by atoms with Crippen LogP contribution < -0.4 is 11.4 Å². The lowest BCUT2D eigenvalue weighted by Gasteiger charge is -2.09. The van der Waals surface area contributed by atoms with Crippen LogP contribution in [0.1, 0.15) is 36.0 Å². The molecule has 2 heterocycles. The molecule has 0 N–H and O–H groups in total. The van der Waals surface area contributed by atoms with Crippen molar-refractivity contribution in [2.24, 2.45) is 0 Å². The standard InChI is InChI=1S/C24H20N2O8/c27-22(5-2-8-25-19-7-6-17(26(30)31)12-21(19)34-24(25)29)32-13-16-11-23(28)33-20-10-15-4-1-3-14(15)9-18(16)20/h6-7,9-12H,1-5,8,13H2. The molecule has 1 aliphatic rings. The molecule has 0 saturated heterocycles. The van der Waals surface area contributed by atoms with Gasteiger partial charge in [0.25, 0.3) is 5.69 Å². The molecule has 10 nitrogen and oxygen atoms in total. The molecule has 10 heteroatoms. The van der Waals surface area contributed by atoms with Crippen molar-refractivity contribution >= 4 is 33.7 Å². The van der Waals surface area contributed by atoms with Crippen LogP contribution in [0.4, 0.5) is 5.69 Å². The van der Waals surface area contributed by atoms with E-state index in [4.69, 9.17) is 13.6 Å². The van der Waals surface area contributed by atoms with Gasteiger partial charge in [0.05, 0.1) is 16.5 Å². The molecule has 0 unspecified atom stereocenters. The highest BCUT2D eigenvalue weighted by Crippen LogP contribution is 2.29. The molecule has 2 aromatic heterocycles. The first-order chi connectivity index (χ1) is 16.4. The van der Waals surface area contributed by atoms with E-state index in [0.717, 1.165) is 24.6 Å². The number of nitrogens with zero attached hydrogens (tertiary/aromatic N) is 2. The van der Waals surface area contributed by atoms with Crippen molar-refractivity contribution in [2.45, 2.75) is 45.3 Å². The molecule has 0 amide bonds. The van der Waals surface area contributed by atoms with Crippen molar-refractivity contribution in [3.05, 3.63) is 84.2 Å². The van der Waals surface area contributed by atoms with Gasteiger partial charge in [0, 0.05) is 36.0 Å². The zero-order valence-corrected chi connectivity index (χ0v) is 18.1. The highest BCUT2D eigenvalue weighted by atomic mass is 16.6. The number of oxazole rings is 1. The smallest absolute Gasteiger partial charge is 0.419 e. The fourth-order valence-electron chi connectivity index (χ4n) is 4.41. The van der Waals surface area contributed by atoms with E-state index in [1.54, 1.807) is 0 Å². The van der Waals surface area contributed by atoms with Gasteiger partial charge in [0.2, 0.25) is 0 Å². The van der Waals surface area contributed by atoms with Gasteiger partial charge < -0.3 is 13.6 Å². The molecule has 0 saturated carbocycles. The number of esters is 1. The van der Waals surface area contributed by atoms with Crippen molar-refractivity contribution < 1.29 is 23.3 Å². The minimum Gasteiger partial charge on any atom is -0.461 e. The average molecular weight is 464 g/mol. The molecule has 2 aromatic carbocycles. The van der Waals surface area contributed by atoms with E-state index in [1.807, 2.05) is 12.1 Å². The van der Waals surface area contributed by atoms with Crippen LogP contribution in [-0.2, 0) is 35.5 Å². The fourth-order valence-corrected chi connectivity index (χ4v) is 4.41. The van der Waals surface area contributed by atoms with Gasteiger partial charge in [0.15, 0.2) is 5.58 Å². The quantitative estimate of drug-likeness (QED) is 0.175. The van der Waals surface area contributed by atoms with E-state index in [9.17, 15) is 24.5 Å². The number of carbonyl (C=O) groups excluding carboxylic acids is 1. The molecule has 34 heavy (non-hydrogen) atoms. The molecule has 0 spiro atoms. The number of nitro benzene ring substituents is 1. The largest absolute Gasteiger partial charge is 0.461 e. The van der Waals surface area contributed by atoms with Gasteiger partial charge in [-0.2, -0.15) is 0 Å². The zero-order valence-electron chi connectivity index (χ0n) is 18.1. The zero-order chi connectivity index (χ0) is 23.8. The number of aromatic nitrogens is 1. The predicted molar refractivity (Wildman–Crippen MR) is 121 cm³/mol. The monoisotopic (exact) mass is 464 g/mol. The van der Waals surface area contributed by atoms with Crippen LogP contribution in [0.15, 0.2) is 54.8 Å². The molecule has 174 valence electrons. The Bertz CT molecular complexity index is 1560. The molecule has 4 aromatic rings. The van der Waals surface area contributed by atoms with Crippen LogP contribution in [-0.4, -0.2) is 15.5 Å². The number of hydrogen-bond donors (Lipinski definition) is 0. The summed E-state index contributed by atoms with van der Waals surface area (Å²) in [5.74, 6) is -1.13. The lowest BCUT2D eigenvalue weighted by Crippen LogP contribution is -2.15. The number of aryl methyl sites for hydroxylation is 3. The predicted octanol–water partition coefficient (Wildman–Crippen LogP) is 3.62. The number of ether oxygens (including phenoxy) is 1. The number of fused-ring (bicyclic) bond motifs is 3. The van der Waals surface area contributed by atoms with Crippen LogP contribution in [0.5, 0.6) is 0 Å². The van der Waals surface area contributed by atoms with E-state index in [2.05, 4.69) is 0 Å². The van der Waals surface area contributed by atoms with Gasteiger partial charge >= 0.3 is 17.4 Å². The molecule has 0 fully saturated rings. The summed E-state index contributed by atoms with van der Waals surface area (Å²) in [5, 5.41) is 11.7. The summed E-state index contributed by atoms with van der Waals surface area (Å²) in [4.78, 5) is 46.7. The van der Waals surface area contributed by atoms with E-state index in [1.165, 1.54) is 40.0 Å². The third-order valence-corrected chi connectivity index (χ3v) is 6.06. The molecule has 0 atom stereocenters. The normalized spacial score (nSPS) is 12.8. The first kappa shape index (κ1) is 21.6.